The quantitative estimate of drug-likeness (QED) is 0.590. The molecule has 0 saturated carbocycles. The van der Waals surface area contributed by atoms with Gasteiger partial charge in [-0.25, -0.2) is 0 Å². The summed E-state index contributed by atoms with van der Waals surface area (Å²) in [5.74, 6) is -1.58. The predicted octanol–water partition coefficient (Wildman–Crippen LogP) is 1.84. The topological polar surface area (TPSA) is 90.0 Å². The summed E-state index contributed by atoms with van der Waals surface area (Å²) in [5, 5.41) is 12.8. The average Bonchev–Trinajstić information content (AvgIpc) is 3.15. The molecule has 8 heteroatoms. The minimum absolute atomic E-state index is 0.176. The molecule has 1 heterocycles. The molecule has 1 aliphatic carbocycles. The number of halogens is 1. The van der Waals surface area contributed by atoms with Crippen LogP contribution >= 0.6 is 11.6 Å². The van der Waals surface area contributed by atoms with Crippen molar-refractivity contribution in [3.63, 3.8) is 0 Å². The smallest absolute Gasteiger partial charge is 0.319 e. The molecule has 3 rings (SSSR count). The van der Waals surface area contributed by atoms with Gasteiger partial charge in [-0.05, 0) is 25.0 Å². The van der Waals surface area contributed by atoms with E-state index in [1.807, 2.05) is 4.90 Å². The molecular weight excluding hydrogens is 370 g/mol. The number of carbonyl (C=O) groups excluding carboxylic acids is 2. The predicted molar refractivity (Wildman–Crippen MR) is 102 cm³/mol. The van der Waals surface area contributed by atoms with Crippen molar-refractivity contribution in [1.82, 2.24) is 9.80 Å². The van der Waals surface area contributed by atoms with Crippen LogP contribution in [0, 0.1) is 5.41 Å². The van der Waals surface area contributed by atoms with Gasteiger partial charge in [-0.15, -0.1) is 0 Å². The van der Waals surface area contributed by atoms with Crippen molar-refractivity contribution >= 4 is 35.1 Å². The van der Waals surface area contributed by atoms with Gasteiger partial charge in [-0.1, -0.05) is 35.9 Å². The number of hydrogen-bond donors (Lipinski definition) is 2. The SMILES string of the molecule is O=C(CN1CCN(C(=O)C2(C(=O)O)CC=CC2)CC1)Nc1ccccc1Cl. The van der Waals surface area contributed by atoms with Crippen molar-refractivity contribution in [2.45, 2.75) is 12.8 Å². The zero-order chi connectivity index (χ0) is 19.4. The van der Waals surface area contributed by atoms with E-state index in [4.69, 9.17) is 11.6 Å². The van der Waals surface area contributed by atoms with Gasteiger partial charge in [0.15, 0.2) is 5.41 Å². The Hall–Kier alpha value is -2.38. The number of carboxylic acid groups (broad SMARTS) is 1. The Morgan fingerprint density at radius 2 is 1.70 bits per heavy atom. The number of nitrogens with one attached hydrogen (secondary N) is 1. The normalized spacial score (nSPS) is 19.1. The second kappa shape index (κ2) is 8.10. The van der Waals surface area contributed by atoms with Crippen molar-refractivity contribution in [3.05, 3.63) is 41.4 Å². The van der Waals surface area contributed by atoms with E-state index in [0.717, 1.165) is 0 Å². The minimum atomic E-state index is -1.36. The third-order valence-corrected chi connectivity index (χ3v) is 5.42. The molecule has 27 heavy (non-hydrogen) atoms. The number of hydrogen-bond acceptors (Lipinski definition) is 4. The minimum Gasteiger partial charge on any atom is -0.480 e. The van der Waals surface area contributed by atoms with Crippen molar-refractivity contribution in [3.8, 4) is 0 Å². The van der Waals surface area contributed by atoms with Crippen molar-refractivity contribution < 1.29 is 19.5 Å². The zero-order valence-corrected chi connectivity index (χ0v) is 15.6. The molecule has 0 atom stereocenters. The number of carboxylic acids is 1. The molecule has 1 saturated heterocycles. The first-order valence-corrected chi connectivity index (χ1v) is 9.25. The first-order valence-electron chi connectivity index (χ1n) is 8.87. The monoisotopic (exact) mass is 391 g/mol. The Morgan fingerprint density at radius 3 is 2.30 bits per heavy atom. The number of carbonyl (C=O) groups is 3. The fourth-order valence-electron chi connectivity index (χ4n) is 3.46. The van der Waals surface area contributed by atoms with Gasteiger partial charge in [-0.2, -0.15) is 0 Å². The molecule has 1 fully saturated rings. The molecule has 0 aromatic heterocycles. The highest BCUT2D eigenvalue weighted by molar-refractivity contribution is 6.33. The summed E-state index contributed by atoms with van der Waals surface area (Å²) in [6.45, 7) is 2.05. The van der Waals surface area contributed by atoms with Gasteiger partial charge in [-0.3, -0.25) is 19.3 Å². The summed E-state index contributed by atoms with van der Waals surface area (Å²) < 4.78 is 0. The van der Waals surface area contributed by atoms with Gasteiger partial charge in [0.05, 0.1) is 17.3 Å². The summed E-state index contributed by atoms with van der Waals surface area (Å²) in [6.07, 6.45) is 3.98. The van der Waals surface area contributed by atoms with E-state index in [-0.39, 0.29) is 31.2 Å². The molecule has 2 N–H and O–H groups in total. The van der Waals surface area contributed by atoms with Gasteiger partial charge in [0.2, 0.25) is 11.8 Å². The van der Waals surface area contributed by atoms with E-state index in [9.17, 15) is 19.5 Å². The Labute approximate surface area is 162 Å². The van der Waals surface area contributed by atoms with Crippen LogP contribution in [0.25, 0.3) is 0 Å². The Bertz CT molecular complexity index is 764. The first-order chi connectivity index (χ1) is 12.9. The van der Waals surface area contributed by atoms with E-state index in [1.165, 1.54) is 0 Å². The van der Waals surface area contributed by atoms with Gasteiger partial charge < -0.3 is 15.3 Å². The van der Waals surface area contributed by atoms with Crippen LogP contribution in [0.4, 0.5) is 5.69 Å². The Kier molecular flexibility index (Phi) is 5.82. The van der Waals surface area contributed by atoms with Crippen molar-refractivity contribution in [2.75, 3.05) is 38.0 Å². The molecule has 0 unspecified atom stereocenters. The number of rotatable bonds is 5. The van der Waals surface area contributed by atoms with E-state index < -0.39 is 11.4 Å². The second-order valence-electron chi connectivity index (χ2n) is 6.86. The largest absolute Gasteiger partial charge is 0.480 e. The summed E-state index contributed by atoms with van der Waals surface area (Å²) >= 11 is 6.04. The van der Waals surface area contributed by atoms with Gasteiger partial charge in [0.25, 0.3) is 0 Å². The summed E-state index contributed by atoms with van der Waals surface area (Å²) in [6, 6.07) is 7.02. The fraction of sp³-hybridized carbons (Fsp3) is 0.421. The van der Waals surface area contributed by atoms with E-state index in [1.54, 1.807) is 41.3 Å². The first kappa shape index (κ1) is 19.4. The van der Waals surface area contributed by atoms with Gasteiger partial charge in [0.1, 0.15) is 0 Å². The molecule has 2 amide bonds. The number of piperazine rings is 1. The van der Waals surface area contributed by atoms with E-state index >= 15 is 0 Å². The fourth-order valence-corrected chi connectivity index (χ4v) is 3.64. The average molecular weight is 392 g/mol. The standard InChI is InChI=1S/C19H22ClN3O4/c20-14-5-1-2-6-15(14)21-16(24)13-22-9-11-23(12-10-22)17(25)19(18(26)27)7-3-4-8-19/h1-6H,7-13H2,(H,21,24)(H,26,27). The second-order valence-corrected chi connectivity index (χ2v) is 7.27. The van der Waals surface area contributed by atoms with Crippen LogP contribution in [-0.4, -0.2) is 65.4 Å². The molecule has 0 spiro atoms. The molecule has 1 aromatic carbocycles. The molecular formula is C19H22ClN3O4. The molecule has 0 bridgehead atoms. The number of anilines is 1. The van der Waals surface area contributed by atoms with Crippen LogP contribution in [0.3, 0.4) is 0 Å². The highest BCUT2D eigenvalue weighted by atomic mass is 35.5. The zero-order valence-electron chi connectivity index (χ0n) is 14.9. The maximum Gasteiger partial charge on any atom is 0.319 e. The molecule has 0 radical (unpaired) electrons. The third-order valence-electron chi connectivity index (χ3n) is 5.09. The van der Waals surface area contributed by atoms with Gasteiger partial charge in [0, 0.05) is 26.2 Å². The maximum absolute atomic E-state index is 12.8. The number of amides is 2. The third kappa shape index (κ3) is 4.14. The van der Waals surface area contributed by atoms with E-state index in [2.05, 4.69) is 5.32 Å². The van der Waals surface area contributed by atoms with Crippen molar-refractivity contribution in [1.29, 1.82) is 0 Å². The number of nitrogens with zero attached hydrogens (tertiary/aromatic N) is 2. The summed E-state index contributed by atoms with van der Waals surface area (Å²) in [5.41, 5.74) is -0.793. The van der Waals surface area contributed by atoms with Crippen LogP contribution in [0.15, 0.2) is 36.4 Å². The Balaban J connectivity index is 1.51. The molecule has 144 valence electrons. The number of para-hydroxylation sites is 1. The molecule has 1 aromatic rings. The summed E-state index contributed by atoms with van der Waals surface area (Å²) in [7, 11) is 0. The van der Waals surface area contributed by atoms with Crippen molar-refractivity contribution in [2.24, 2.45) is 5.41 Å². The molecule has 1 aliphatic heterocycles. The van der Waals surface area contributed by atoms with Crippen LogP contribution < -0.4 is 5.32 Å². The molecule has 2 aliphatic rings. The van der Waals surface area contributed by atoms with Crippen LogP contribution in [0.2, 0.25) is 5.02 Å². The number of benzene rings is 1. The van der Waals surface area contributed by atoms with Crippen LogP contribution in [0.1, 0.15) is 12.8 Å². The summed E-state index contributed by atoms with van der Waals surface area (Å²) in [4.78, 5) is 40.2. The van der Waals surface area contributed by atoms with Crippen LogP contribution in [-0.2, 0) is 14.4 Å². The highest BCUT2D eigenvalue weighted by Gasteiger charge is 2.48. The number of allylic oxidation sites excluding steroid dienone is 2. The lowest BCUT2D eigenvalue weighted by molar-refractivity contribution is -0.160. The lowest BCUT2D eigenvalue weighted by atomic mass is 9.83. The molecule has 7 nitrogen and oxygen atoms in total. The highest BCUT2D eigenvalue weighted by Crippen LogP contribution is 2.36. The lowest BCUT2D eigenvalue weighted by Crippen LogP contribution is -2.55. The van der Waals surface area contributed by atoms with Crippen LogP contribution in [0.5, 0.6) is 0 Å². The Morgan fingerprint density at radius 1 is 1.07 bits per heavy atom. The number of aliphatic carboxylic acids is 1. The van der Waals surface area contributed by atoms with Gasteiger partial charge >= 0.3 is 5.97 Å². The van der Waals surface area contributed by atoms with E-state index in [0.29, 0.717) is 36.9 Å². The maximum atomic E-state index is 12.8. The lowest BCUT2D eigenvalue weighted by Gasteiger charge is -2.38.